The van der Waals surface area contributed by atoms with Gasteiger partial charge in [-0.15, -0.1) is 17.0 Å². The molecule has 0 bridgehead atoms. The Labute approximate surface area is 71.6 Å². The number of unbranched alkanes of at least 4 members (excludes halogenated alkanes) is 1. The van der Waals surface area contributed by atoms with E-state index in [-0.39, 0.29) is 39.9 Å². The molecule has 0 aliphatic heterocycles. The Kier molecular flexibility index (Phi) is 71.4. The van der Waals surface area contributed by atoms with Crippen molar-refractivity contribution in [1.82, 2.24) is 6.15 Å². The van der Waals surface area contributed by atoms with Gasteiger partial charge < -0.3 is 11.3 Å². The fourth-order valence-electron chi connectivity index (χ4n) is 0.158. The summed E-state index contributed by atoms with van der Waals surface area (Å²) in [5, 5.41) is 8.07. The maximum atomic E-state index is 8.07. The Hall–Kier alpha value is 0.906. The Morgan fingerprint density at radius 3 is 1.75 bits per heavy atom. The topological polar surface area (TPSA) is 55.2 Å². The van der Waals surface area contributed by atoms with E-state index in [9.17, 15) is 0 Å². The molecule has 1 radical (unpaired) electrons. The third-order valence-electron chi connectivity index (χ3n) is 0.512. The molecule has 57 valence electrons. The van der Waals surface area contributed by atoms with Gasteiger partial charge in [-0.05, 0) is 6.42 Å². The normalized spacial score (nSPS) is 5.25. The molecule has 2 nitrogen and oxygen atoms in total. The minimum absolute atomic E-state index is 0. The molecule has 0 heterocycles. The number of hydrogen-bond acceptors (Lipinski definition) is 2. The summed E-state index contributed by atoms with van der Waals surface area (Å²) in [6.07, 6.45) is 2.04. The van der Waals surface area contributed by atoms with Crippen LogP contribution in [0.15, 0.2) is 0 Å². The summed E-state index contributed by atoms with van der Waals surface area (Å²) in [4.78, 5) is 0. The van der Waals surface area contributed by atoms with Crippen LogP contribution in [0.25, 0.3) is 0 Å². The second-order valence-corrected chi connectivity index (χ2v) is 1.08. The molecular weight excluding hydrogens is 217 g/mol. The first-order chi connectivity index (χ1) is 2.41. The first-order valence-electron chi connectivity index (χ1n) is 2.02. The quantitative estimate of drug-likeness (QED) is 0.756. The zero-order chi connectivity index (χ0) is 4.12. The van der Waals surface area contributed by atoms with Gasteiger partial charge in [0.1, 0.15) is 0 Å². The smallest absolute Gasteiger partial charge is 0.0430 e. The standard InChI is InChI=1S/C4H10O.BrH.Co.H3N/c1-2-3-4-5;;;/h5H,2-4H2,1H3;1H;;1H3. The third-order valence-corrected chi connectivity index (χ3v) is 0.512. The van der Waals surface area contributed by atoms with E-state index in [4.69, 9.17) is 5.11 Å². The van der Waals surface area contributed by atoms with Crippen molar-refractivity contribution in [3.05, 3.63) is 0 Å². The van der Waals surface area contributed by atoms with Crippen LogP contribution < -0.4 is 6.15 Å². The van der Waals surface area contributed by atoms with Crippen molar-refractivity contribution in [2.24, 2.45) is 0 Å². The summed E-state index contributed by atoms with van der Waals surface area (Å²) in [7, 11) is 0. The summed E-state index contributed by atoms with van der Waals surface area (Å²) >= 11 is 0. The third kappa shape index (κ3) is 28.5. The van der Waals surface area contributed by atoms with Crippen molar-refractivity contribution >= 4 is 17.0 Å². The molecule has 0 rings (SSSR count). The van der Waals surface area contributed by atoms with Gasteiger partial charge in [-0.25, -0.2) is 0 Å². The number of hydrogen-bond donors (Lipinski definition) is 2. The van der Waals surface area contributed by atoms with E-state index in [1.54, 1.807) is 0 Å². The zero-order valence-electron chi connectivity index (χ0n) is 5.02. The van der Waals surface area contributed by atoms with Gasteiger partial charge in [0, 0.05) is 23.4 Å². The SMILES string of the molecule is Br.CCCCO.N.[Co]. The van der Waals surface area contributed by atoms with Gasteiger partial charge in [-0.1, -0.05) is 13.3 Å². The molecule has 0 aliphatic rings. The number of rotatable bonds is 2. The van der Waals surface area contributed by atoms with Gasteiger partial charge in [-0.3, -0.25) is 0 Å². The van der Waals surface area contributed by atoms with Gasteiger partial charge in [-0.2, -0.15) is 0 Å². The predicted octanol–water partition coefficient (Wildman–Crippen LogP) is 1.52. The van der Waals surface area contributed by atoms with Gasteiger partial charge in [0.25, 0.3) is 0 Å². The van der Waals surface area contributed by atoms with Crippen molar-refractivity contribution < 1.29 is 21.9 Å². The number of halogens is 1. The molecule has 4 N–H and O–H groups in total. The van der Waals surface area contributed by atoms with E-state index >= 15 is 0 Å². The van der Waals surface area contributed by atoms with Gasteiger partial charge in [0.2, 0.25) is 0 Å². The van der Waals surface area contributed by atoms with Crippen LogP contribution in [0.1, 0.15) is 19.8 Å². The molecule has 8 heavy (non-hydrogen) atoms. The minimum atomic E-state index is 0. The Balaban J connectivity index is -0.0000000267. The van der Waals surface area contributed by atoms with Crippen LogP contribution in [-0.2, 0) is 16.8 Å². The summed E-state index contributed by atoms with van der Waals surface area (Å²) in [5.74, 6) is 0. The van der Waals surface area contributed by atoms with Crippen LogP contribution in [0.2, 0.25) is 0 Å². The molecule has 0 saturated heterocycles. The second-order valence-electron chi connectivity index (χ2n) is 1.08. The molecule has 0 aromatic rings. The molecule has 0 fully saturated rings. The van der Waals surface area contributed by atoms with Crippen molar-refractivity contribution in [2.45, 2.75) is 19.8 Å². The van der Waals surface area contributed by atoms with Crippen LogP contribution >= 0.6 is 17.0 Å². The Morgan fingerprint density at radius 2 is 1.75 bits per heavy atom. The first kappa shape index (κ1) is 23.1. The molecule has 0 aromatic heterocycles. The van der Waals surface area contributed by atoms with Crippen molar-refractivity contribution in [3.8, 4) is 0 Å². The van der Waals surface area contributed by atoms with Crippen LogP contribution in [0.4, 0.5) is 0 Å². The van der Waals surface area contributed by atoms with E-state index in [0.29, 0.717) is 6.61 Å². The van der Waals surface area contributed by atoms with Crippen LogP contribution in [0.5, 0.6) is 0 Å². The predicted molar refractivity (Wildman–Crippen MR) is 37.3 cm³/mol. The van der Waals surface area contributed by atoms with Crippen molar-refractivity contribution in [1.29, 1.82) is 0 Å². The van der Waals surface area contributed by atoms with Gasteiger partial charge in [0.15, 0.2) is 0 Å². The summed E-state index contributed by atoms with van der Waals surface area (Å²) < 4.78 is 0. The van der Waals surface area contributed by atoms with Crippen molar-refractivity contribution in [3.63, 3.8) is 0 Å². The van der Waals surface area contributed by atoms with Gasteiger partial charge >= 0.3 is 0 Å². The monoisotopic (exact) mass is 230 g/mol. The number of aliphatic hydroxyl groups is 1. The average Bonchev–Trinajstić information content (AvgIpc) is 1.41. The summed E-state index contributed by atoms with van der Waals surface area (Å²) in [6, 6.07) is 0. The average molecular weight is 231 g/mol. The fraction of sp³-hybridized carbons (Fsp3) is 1.00. The van der Waals surface area contributed by atoms with Crippen LogP contribution in [0, 0.1) is 0 Å². The van der Waals surface area contributed by atoms with E-state index < -0.39 is 0 Å². The van der Waals surface area contributed by atoms with Gasteiger partial charge in [0.05, 0.1) is 0 Å². The molecule has 0 amide bonds. The Bertz CT molecular complexity index is 23.5. The maximum absolute atomic E-state index is 8.07. The van der Waals surface area contributed by atoms with E-state index in [2.05, 4.69) is 6.92 Å². The largest absolute Gasteiger partial charge is 0.396 e. The molecule has 4 heteroatoms. The van der Waals surface area contributed by atoms with E-state index in [0.717, 1.165) is 12.8 Å². The van der Waals surface area contributed by atoms with E-state index in [1.807, 2.05) is 0 Å². The minimum Gasteiger partial charge on any atom is -0.396 e. The first-order valence-corrected chi connectivity index (χ1v) is 2.02. The molecule has 0 unspecified atom stereocenters. The molecule has 0 saturated carbocycles. The molecule has 0 aromatic carbocycles. The second kappa shape index (κ2) is 24.7. The molecule has 0 aliphatic carbocycles. The van der Waals surface area contributed by atoms with Crippen molar-refractivity contribution in [2.75, 3.05) is 6.61 Å². The van der Waals surface area contributed by atoms with E-state index in [1.165, 1.54) is 0 Å². The molecule has 0 spiro atoms. The zero-order valence-corrected chi connectivity index (χ0v) is 7.77. The summed E-state index contributed by atoms with van der Waals surface area (Å²) in [6.45, 7) is 2.40. The molecular formula is C4H14BrCoNO. The maximum Gasteiger partial charge on any atom is 0.0430 e. The summed E-state index contributed by atoms with van der Waals surface area (Å²) in [5.41, 5.74) is 0. The Morgan fingerprint density at radius 1 is 1.38 bits per heavy atom. The fourth-order valence-corrected chi connectivity index (χ4v) is 0.158. The molecule has 0 atom stereocenters. The number of aliphatic hydroxyl groups excluding tert-OH is 1. The van der Waals surface area contributed by atoms with Crippen LogP contribution in [0.3, 0.4) is 0 Å². The van der Waals surface area contributed by atoms with Crippen LogP contribution in [-0.4, -0.2) is 11.7 Å².